The lowest BCUT2D eigenvalue weighted by molar-refractivity contribution is 1.33. The van der Waals surface area contributed by atoms with Crippen LogP contribution in [0.5, 0.6) is 0 Å². The fraction of sp³-hybridized carbons (Fsp3) is 0.100. The molecule has 12 heavy (non-hydrogen) atoms. The Morgan fingerprint density at radius 3 is 2.83 bits per heavy atom. The van der Waals surface area contributed by atoms with Gasteiger partial charge < -0.3 is 0 Å². The lowest BCUT2D eigenvalue weighted by atomic mass is 10.1. The molecule has 0 aromatic carbocycles. The van der Waals surface area contributed by atoms with Gasteiger partial charge in [0.1, 0.15) is 0 Å². The first-order valence-corrected chi connectivity index (χ1v) is 4.70. The fourth-order valence-electron chi connectivity index (χ4n) is 1.21. The molecule has 0 fully saturated rings. The smallest absolute Gasteiger partial charge is 0.0346 e. The van der Waals surface area contributed by atoms with Crippen molar-refractivity contribution >= 4 is 11.3 Å². The highest BCUT2D eigenvalue weighted by Crippen LogP contribution is 2.26. The van der Waals surface area contributed by atoms with Gasteiger partial charge in [-0.05, 0) is 30.0 Å². The van der Waals surface area contributed by atoms with Crippen LogP contribution in [0.4, 0.5) is 0 Å². The van der Waals surface area contributed by atoms with Crippen LogP contribution in [0.25, 0.3) is 11.1 Å². The highest BCUT2D eigenvalue weighted by atomic mass is 32.1. The van der Waals surface area contributed by atoms with Gasteiger partial charge in [-0.15, -0.1) is 11.3 Å². The van der Waals surface area contributed by atoms with Crippen molar-refractivity contribution in [1.29, 1.82) is 0 Å². The van der Waals surface area contributed by atoms with E-state index < -0.39 is 0 Å². The number of aryl methyl sites for hydroxylation is 1. The summed E-state index contributed by atoms with van der Waals surface area (Å²) in [6.45, 7) is 2.13. The van der Waals surface area contributed by atoms with Gasteiger partial charge in [-0.25, -0.2) is 0 Å². The Labute approximate surface area is 75.7 Å². The van der Waals surface area contributed by atoms with Gasteiger partial charge in [-0.1, -0.05) is 6.07 Å². The Kier molecular flexibility index (Phi) is 1.92. The monoisotopic (exact) mass is 175 g/mol. The van der Waals surface area contributed by atoms with Crippen molar-refractivity contribution in [3.8, 4) is 11.1 Å². The summed E-state index contributed by atoms with van der Waals surface area (Å²) >= 11 is 1.77. The van der Waals surface area contributed by atoms with Gasteiger partial charge in [0.05, 0.1) is 0 Å². The summed E-state index contributed by atoms with van der Waals surface area (Å²) in [4.78, 5) is 5.44. The van der Waals surface area contributed by atoms with Gasteiger partial charge in [0.25, 0.3) is 0 Å². The molecule has 0 N–H and O–H groups in total. The van der Waals surface area contributed by atoms with E-state index in [0.717, 1.165) is 0 Å². The summed E-state index contributed by atoms with van der Waals surface area (Å²) in [5.74, 6) is 0. The first-order chi connectivity index (χ1) is 5.88. The average Bonchev–Trinajstić information content (AvgIpc) is 2.53. The zero-order valence-electron chi connectivity index (χ0n) is 6.82. The highest BCUT2D eigenvalue weighted by molar-refractivity contribution is 7.10. The molecular weight excluding hydrogens is 166 g/mol. The largest absolute Gasteiger partial charge is 0.264 e. The lowest BCUT2D eigenvalue weighted by Crippen LogP contribution is -1.76. The van der Waals surface area contributed by atoms with Crippen LogP contribution in [-0.2, 0) is 0 Å². The predicted molar refractivity (Wildman–Crippen MR) is 52.3 cm³/mol. The van der Waals surface area contributed by atoms with Gasteiger partial charge in [-0.2, -0.15) is 0 Å². The molecule has 2 rings (SSSR count). The van der Waals surface area contributed by atoms with Crippen LogP contribution in [0.1, 0.15) is 4.88 Å². The Bertz CT molecular complexity index is 364. The SMILES string of the molecule is Cc1sccc1-c1cccnc1. The van der Waals surface area contributed by atoms with E-state index in [2.05, 4.69) is 29.4 Å². The molecule has 0 aliphatic rings. The number of hydrogen-bond acceptors (Lipinski definition) is 2. The molecule has 0 radical (unpaired) electrons. The van der Waals surface area contributed by atoms with Crippen LogP contribution < -0.4 is 0 Å². The van der Waals surface area contributed by atoms with Crippen molar-refractivity contribution < 1.29 is 0 Å². The van der Waals surface area contributed by atoms with E-state index in [1.807, 2.05) is 12.3 Å². The minimum atomic E-state index is 1.20. The molecule has 1 nitrogen and oxygen atoms in total. The predicted octanol–water partition coefficient (Wildman–Crippen LogP) is 3.12. The molecule has 0 aliphatic heterocycles. The van der Waals surface area contributed by atoms with Crippen molar-refractivity contribution in [2.75, 3.05) is 0 Å². The van der Waals surface area contributed by atoms with Gasteiger partial charge in [0.2, 0.25) is 0 Å². The fourth-order valence-corrected chi connectivity index (χ4v) is 1.93. The molecule has 2 heterocycles. The van der Waals surface area contributed by atoms with Crippen LogP contribution in [-0.4, -0.2) is 4.98 Å². The summed E-state index contributed by atoms with van der Waals surface area (Å²) in [5, 5.41) is 2.11. The van der Waals surface area contributed by atoms with Crippen molar-refractivity contribution in [3.63, 3.8) is 0 Å². The van der Waals surface area contributed by atoms with Crippen molar-refractivity contribution in [2.24, 2.45) is 0 Å². The van der Waals surface area contributed by atoms with E-state index in [9.17, 15) is 0 Å². The summed E-state index contributed by atoms with van der Waals surface area (Å²) in [6.07, 6.45) is 3.69. The number of aromatic nitrogens is 1. The maximum absolute atomic E-state index is 4.09. The van der Waals surface area contributed by atoms with Crippen LogP contribution >= 0.6 is 11.3 Å². The standard InChI is InChI=1S/C10H9NS/c1-8-10(4-6-12-8)9-3-2-5-11-7-9/h2-7H,1H3. The summed E-state index contributed by atoms with van der Waals surface area (Å²) in [7, 11) is 0. The summed E-state index contributed by atoms with van der Waals surface area (Å²) < 4.78 is 0. The van der Waals surface area contributed by atoms with Crippen LogP contribution in [0.15, 0.2) is 36.0 Å². The zero-order valence-corrected chi connectivity index (χ0v) is 7.64. The van der Waals surface area contributed by atoms with E-state index in [4.69, 9.17) is 0 Å². The number of thiophene rings is 1. The quantitative estimate of drug-likeness (QED) is 0.649. The molecule has 0 atom stereocenters. The molecule has 60 valence electrons. The summed E-state index contributed by atoms with van der Waals surface area (Å²) in [6, 6.07) is 6.19. The number of nitrogens with zero attached hydrogens (tertiary/aromatic N) is 1. The lowest BCUT2D eigenvalue weighted by Gasteiger charge is -1.97. The highest BCUT2D eigenvalue weighted by Gasteiger charge is 2.00. The van der Waals surface area contributed by atoms with Crippen LogP contribution in [0, 0.1) is 6.92 Å². The second-order valence-corrected chi connectivity index (χ2v) is 3.75. The normalized spacial score (nSPS) is 10.1. The number of hydrogen-bond donors (Lipinski definition) is 0. The van der Waals surface area contributed by atoms with Crippen molar-refractivity contribution in [3.05, 3.63) is 40.8 Å². The molecule has 0 amide bonds. The third-order valence-electron chi connectivity index (χ3n) is 1.83. The Morgan fingerprint density at radius 1 is 1.33 bits per heavy atom. The Balaban J connectivity index is 2.51. The minimum absolute atomic E-state index is 1.20. The van der Waals surface area contributed by atoms with Gasteiger partial charge in [0, 0.05) is 22.8 Å². The molecular formula is C10H9NS. The van der Waals surface area contributed by atoms with E-state index in [0.29, 0.717) is 0 Å². The van der Waals surface area contributed by atoms with Gasteiger partial charge in [0.15, 0.2) is 0 Å². The number of pyridine rings is 1. The van der Waals surface area contributed by atoms with E-state index in [1.165, 1.54) is 16.0 Å². The maximum Gasteiger partial charge on any atom is 0.0346 e. The third-order valence-corrected chi connectivity index (χ3v) is 2.68. The van der Waals surface area contributed by atoms with Gasteiger partial charge in [-0.3, -0.25) is 4.98 Å². The molecule has 0 unspecified atom stereocenters. The number of rotatable bonds is 1. The molecule has 2 aromatic heterocycles. The van der Waals surface area contributed by atoms with Crippen molar-refractivity contribution in [1.82, 2.24) is 4.98 Å². The molecule has 2 aromatic rings. The minimum Gasteiger partial charge on any atom is -0.264 e. The molecule has 0 saturated carbocycles. The first-order valence-electron chi connectivity index (χ1n) is 3.82. The topological polar surface area (TPSA) is 12.9 Å². The van der Waals surface area contributed by atoms with Crippen molar-refractivity contribution in [2.45, 2.75) is 6.92 Å². The molecule has 0 spiro atoms. The summed E-state index contributed by atoms with van der Waals surface area (Å²) in [5.41, 5.74) is 2.50. The van der Waals surface area contributed by atoms with E-state index in [1.54, 1.807) is 17.5 Å². The maximum atomic E-state index is 4.09. The second kappa shape index (κ2) is 3.07. The second-order valence-electron chi connectivity index (χ2n) is 2.63. The van der Waals surface area contributed by atoms with Crippen LogP contribution in [0.2, 0.25) is 0 Å². The molecule has 2 heteroatoms. The average molecular weight is 175 g/mol. The molecule has 0 bridgehead atoms. The van der Waals surface area contributed by atoms with E-state index in [-0.39, 0.29) is 0 Å². The van der Waals surface area contributed by atoms with Gasteiger partial charge >= 0.3 is 0 Å². The Hall–Kier alpha value is -1.15. The Morgan fingerprint density at radius 2 is 2.25 bits per heavy atom. The zero-order chi connectivity index (χ0) is 8.39. The van der Waals surface area contributed by atoms with E-state index >= 15 is 0 Å². The molecule has 0 aliphatic carbocycles. The van der Waals surface area contributed by atoms with Crippen LogP contribution in [0.3, 0.4) is 0 Å². The first kappa shape index (κ1) is 7.50. The third kappa shape index (κ3) is 1.25. The molecule has 0 saturated heterocycles.